The van der Waals surface area contributed by atoms with Gasteiger partial charge in [-0.15, -0.1) is 0 Å². The van der Waals surface area contributed by atoms with E-state index in [-0.39, 0.29) is 12.3 Å². The van der Waals surface area contributed by atoms with Crippen molar-refractivity contribution in [3.8, 4) is 0 Å². The summed E-state index contributed by atoms with van der Waals surface area (Å²) in [5, 5.41) is 11.8. The minimum absolute atomic E-state index is 0.0243. The summed E-state index contributed by atoms with van der Waals surface area (Å²) in [6.07, 6.45) is 0.394. The summed E-state index contributed by atoms with van der Waals surface area (Å²) in [6, 6.07) is 16.7. The fourth-order valence-corrected chi connectivity index (χ4v) is 2.49. The van der Waals surface area contributed by atoms with Crippen molar-refractivity contribution in [2.24, 2.45) is 0 Å². The third-order valence-corrected chi connectivity index (χ3v) is 3.92. The first kappa shape index (κ1) is 16.5. The van der Waals surface area contributed by atoms with Crippen LogP contribution in [0.3, 0.4) is 0 Å². The summed E-state index contributed by atoms with van der Waals surface area (Å²) in [5.74, 6) is -0.117. The van der Waals surface area contributed by atoms with Gasteiger partial charge in [-0.1, -0.05) is 54.1 Å². The summed E-state index contributed by atoms with van der Waals surface area (Å²) in [6.45, 7) is 0. The summed E-state index contributed by atoms with van der Waals surface area (Å²) in [4.78, 5) is 13.6. The number of benzene rings is 2. The Labute approximate surface area is 136 Å². The number of rotatable bonds is 5. The zero-order chi connectivity index (χ0) is 16.2. The van der Waals surface area contributed by atoms with E-state index in [1.807, 2.05) is 30.3 Å². The van der Waals surface area contributed by atoms with E-state index in [4.69, 9.17) is 11.6 Å². The Bertz CT molecular complexity index is 625. The highest BCUT2D eigenvalue weighted by Crippen LogP contribution is 2.31. The Morgan fingerprint density at radius 2 is 1.68 bits per heavy atom. The van der Waals surface area contributed by atoms with Crippen molar-refractivity contribution in [2.75, 3.05) is 14.1 Å². The largest absolute Gasteiger partial charge is 0.384 e. The quantitative estimate of drug-likeness (QED) is 0.919. The fraction of sp³-hybridized carbons (Fsp3) is 0.278. The average molecular weight is 318 g/mol. The van der Waals surface area contributed by atoms with Crippen molar-refractivity contribution in [3.63, 3.8) is 0 Å². The number of carbonyl (C=O) groups excluding carboxylic acids is 1. The maximum Gasteiger partial charge on any atom is 0.225 e. The van der Waals surface area contributed by atoms with Gasteiger partial charge in [-0.25, -0.2) is 0 Å². The molecule has 0 aliphatic rings. The van der Waals surface area contributed by atoms with E-state index in [1.54, 1.807) is 38.4 Å². The number of nitrogens with zero attached hydrogens (tertiary/aromatic N) is 1. The van der Waals surface area contributed by atoms with Crippen molar-refractivity contribution in [1.82, 2.24) is 4.90 Å². The molecule has 2 aromatic rings. The lowest BCUT2D eigenvalue weighted by atomic mass is 9.84. The van der Waals surface area contributed by atoms with Crippen LogP contribution in [0.1, 0.15) is 17.5 Å². The minimum Gasteiger partial charge on any atom is -0.384 e. The minimum atomic E-state index is -1.26. The van der Waals surface area contributed by atoms with Crippen LogP contribution in [0, 0.1) is 0 Å². The maximum absolute atomic E-state index is 12.1. The lowest BCUT2D eigenvalue weighted by Crippen LogP contribution is -2.36. The van der Waals surface area contributed by atoms with Gasteiger partial charge in [0.05, 0.1) is 6.42 Å². The van der Waals surface area contributed by atoms with Gasteiger partial charge in [0.1, 0.15) is 5.60 Å². The van der Waals surface area contributed by atoms with Crippen molar-refractivity contribution in [1.29, 1.82) is 0 Å². The Morgan fingerprint density at radius 3 is 2.23 bits per heavy atom. The molecule has 0 spiro atoms. The van der Waals surface area contributed by atoms with Gasteiger partial charge in [0.2, 0.25) is 5.91 Å². The van der Waals surface area contributed by atoms with Crippen molar-refractivity contribution in [2.45, 2.75) is 18.4 Å². The molecule has 2 aromatic carbocycles. The Balaban J connectivity index is 2.35. The summed E-state index contributed by atoms with van der Waals surface area (Å²) < 4.78 is 0. The molecule has 0 bridgehead atoms. The van der Waals surface area contributed by atoms with Crippen LogP contribution < -0.4 is 0 Å². The van der Waals surface area contributed by atoms with E-state index in [0.717, 1.165) is 5.56 Å². The highest BCUT2D eigenvalue weighted by atomic mass is 35.5. The fourth-order valence-electron chi connectivity index (χ4n) is 2.37. The third-order valence-electron chi connectivity index (χ3n) is 3.66. The van der Waals surface area contributed by atoms with Gasteiger partial charge in [-0.3, -0.25) is 4.79 Å². The molecule has 1 atom stereocenters. The van der Waals surface area contributed by atoms with Crippen LogP contribution in [0.4, 0.5) is 0 Å². The van der Waals surface area contributed by atoms with Gasteiger partial charge >= 0.3 is 0 Å². The first-order chi connectivity index (χ1) is 10.4. The number of hydrogen-bond donors (Lipinski definition) is 1. The molecule has 0 saturated carbocycles. The van der Waals surface area contributed by atoms with E-state index >= 15 is 0 Å². The van der Waals surface area contributed by atoms with Crippen LogP contribution in [-0.2, 0) is 16.8 Å². The molecule has 3 nitrogen and oxygen atoms in total. The zero-order valence-corrected chi connectivity index (χ0v) is 13.5. The van der Waals surface area contributed by atoms with Crippen molar-refractivity contribution >= 4 is 17.5 Å². The highest BCUT2D eigenvalue weighted by Gasteiger charge is 2.33. The second kappa shape index (κ2) is 6.95. The average Bonchev–Trinajstić information content (AvgIpc) is 2.48. The zero-order valence-electron chi connectivity index (χ0n) is 12.8. The first-order valence-corrected chi connectivity index (χ1v) is 7.51. The molecule has 0 radical (unpaired) electrons. The van der Waals surface area contributed by atoms with Gasteiger partial charge in [0.15, 0.2) is 0 Å². The van der Waals surface area contributed by atoms with E-state index < -0.39 is 5.60 Å². The second-order valence-electron chi connectivity index (χ2n) is 5.67. The van der Waals surface area contributed by atoms with Gasteiger partial charge in [0, 0.05) is 25.5 Å². The predicted molar refractivity (Wildman–Crippen MR) is 88.8 cm³/mol. The Morgan fingerprint density at radius 1 is 1.09 bits per heavy atom. The number of hydrogen-bond acceptors (Lipinski definition) is 2. The van der Waals surface area contributed by atoms with Gasteiger partial charge < -0.3 is 10.0 Å². The molecular formula is C18H20ClNO2. The monoisotopic (exact) mass is 317 g/mol. The molecule has 1 N–H and O–H groups in total. The molecule has 116 valence electrons. The van der Waals surface area contributed by atoms with Crippen LogP contribution in [-0.4, -0.2) is 30.0 Å². The number of amides is 1. The van der Waals surface area contributed by atoms with E-state index in [0.29, 0.717) is 17.0 Å². The lowest BCUT2D eigenvalue weighted by Gasteiger charge is -2.29. The first-order valence-electron chi connectivity index (χ1n) is 7.13. The second-order valence-corrected chi connectivity index (χ2v) is 6.10. The van der Waals surface area contributed by atoms with E-state index in [9.17, 15) is 9.90 Å². The van der Waals surface area contributed by atoms with Crippen molar-refractivity contribution < 1.29 is 9.90 Å². The molecule has 0 heterocycles. The van der Waals surface area contributed by atoms with Crippen LogP contribution >= 0.6 is 11.6 Å². The van der Waals surface area contributed by atoms with E-state index in [1.165, 1.54) is 4.90 Å². The van der Waals surface area contributed by atoms with Gasteiger partial charge in [0.25, 0.3) is 0 Å². The third kappa shape index (κ3) is 4.09. The lowest BCUT2D eigenvalue weighted by molar-refractivity contribution is -0.134. The number of carbonyl (C=O) groups is 1. The van der Waals surface area contributed by atoms with Gasteiger partial charge in [-0.05, 0) is 23.3 Å². The highest BCUT2D eigenvalue weighted by molar-refractivity contribution is 6.30. The number of halogens is 1. The molecule has 0 aromatic heterocycles. The summed E-state index contributed by atoms with van der Waals surface area (Å²) >= 11 is 5.92. The van der Waals surface area contributed by atoms with Crippen molar-refractivity contribution in [3.05, 3.63) is 70.7 Å². The molecule has 22 heavy (non-hydrogen) atoms. The summed E-state index contributed by atoms with van der Waals surface area (Å²) in [5.41, 5.74) is 0.412. The SMILES string of the molecule is CN(C)C(=O)CC(O)(Cc1ccccc1)c1ccc(Cl)cc1. The van der Waals surface area contributed by atoms with Crippen LogP contribution in [0.5, 0.6) is 0 Å². The molecule has 0 aliphatic heterocycles. The molecule has 2 rings (SSSR count). The molecule has 1 unspecified atom stereocenters. The smallest absolute Gasteiger partial charge is 0.225 e. The van der Waals surface area contributed by atoms with E-state index in [2.05, 4.69) is 0 Å². The number of aliphatic hydroxyl groups is 1. The molecule has 1 amide bonds. The Kier molecular flexibility index (Phi) is 5.22. The normalized spacial score (nSPS) is 13.5. The standard InChI is InChI=1S/C18H20ClNO2/c1-20(2)17(21)13-18(22,12-14-6-4-3-5-7-14)15-8-10-16(19)11-9-15/h3-11,22H,12-13H2,1-2H3. The maximum atomic E-state index is 12.1. The van der Waals surface area contributed by atoms with Crippen LogP contribution in [0.15, 0.2) is 54.6 Å². The molecule has 0 aliphatic carbocycles. The van der Waals surface area contributed by atoms with Crippen LogP contribution in [0.2, 0.25) is 5.02 Å². The molecule has 0 saturated heterocycles. The Hall–Kier alpha value is -1.84. The topological polar surface area (TPSA) is 40.5 Å². The molecular weight excluding hydrogens is 298 g/mol. The predicted octanol–water partition coefficient (Wildman–Crippen LogP) is 3.25. The van der Waals surface area contributed by atoms with Crippen LogP contribution in [0.25, 0.3) is 0 Å². The molecule has 4 heteroatoms. The molecule has 0 fully saturated rings. The summed E-state index contributed by atoms with van der Waals surface area (Å²) in [7, 11) is 3.38. The van der Waals surface area contributed by atoms with Gasteiger partial charge in [-0.2, -0.15) is 0 Å².